The van der Waals surface area contributed by atoms with Gasteiger partial charge in [0, 0.05) is 24.3 Å². The Hall–Kier alpha value is -3.33. The van der Waals surface area contributed by atoms with Gasteiger partial charge >= 0.3 is 16.5 Å². The Kier molecular flexibility index (Phi) is 8.44. The number of nitro benzene ring substituents is 2. The fourth-order valence-corrected chi connectivity index (χ4v) is 1.44. The molecule has 2 rings (SSSR count). The van der Waals surface area contributed by atoms with Crippen LogP contribution in [0, 0.1) is 20.2 Å². The van der Waals surface area contributed by atoms with Crippen molar-refractivity contribution in [3.05, 3.63) is 79.9 Å². The molecule has 0 radical (unpaired) electrons. The third kappa shape index (κ3) is 6.75. The summed E-state index contributed by atoms with van der Waals surface area (Å²) in [6.07, 6.45) is 0. The third-order valence-corrected chi connectivity index (χ3v) is 2.63. The minimum Gasteiger partial charge on any atom is -0.545 e. The van der Waals surface area contributed by atoms with Crippen LogP contribution in [0.15, 0.2) is 48.5 Å². The zero-order chi connectivity index (χ0) is 18.3. The van der Waals surface area contributed by atoms with E-state index in [2.05, 4.69) is 0 Å². The summed E-state index contributed by atoms with van der Waals surface area (Å²) in [5, 5.41) is 40.7. The monoisotopic (exact) mass is 390 g/mol. The summed E-state index contributed by atoms with van der Waals surface area (Å²) in [5.74, 6) is -2.69. The molecule has 10 nitrogen and oxygen atoms in total. The number of nitrogens with zero attached hydrogens (tertiary/aromatic N) is 2. The number of hydrogen-bond acceptors (Lipinski definition) is 8. The molecule has 0 spiro atoms. The van der Waals surface area contributed by atoms with E-state index in [1.165, 1.54) is 0 Å². The molecule has 0 aromatic heterocycles. The number of carboxylic acids is 2. The molecule has 0 fully saturated rings. The first kappa shape index (κ1) is 21.7. The van der Waals surface area contributed by atoms with Gasteiger partial charge in [0.15, 0.2) is 0 Å². The van der Waals surface area contributed by atoms with E-state index in [1.54, 1.807) is 0 Å². The molecule has 0 aliphatic carbocycles. The summed E-state index contributed by atoms with van der Waals surface area (Å²) in [7, 11) is 0. The van der Waals surface area contributed by atoms with Crippen LogP contribution in [-0.4, -0.2) is 21.8 Å². The van der Waals surface area contributed by atoms with Gasteiger partial charge < -0.3 is 19.8 Å². The summed E-state index contributed by atoms with van der Waals surface area (Å²) in [6.45, 7) is 0. The van der Waals surface area contributed by atoms with Crippen LogP contribution in [0.25, 0.3) is 0 Å². The number of rotatable bonds is 4. The maximum absolute atomic E-state index is 10.2. The molecule has 0 heterocycles. The van der Waals surface area contributed by atoms with Crippen molar-refractivity contribution in [2.45, 2.75) is 0 Å². The minimum absolute atomic E-state index is 0. The Labute approximate surface area is 149 Å². The molecular formula is C14H8N2NiO8. The summed E-state index contributed by atoms with van der Waals surface area (Å²) in [4.78, 5) is 39.5. The fourth-order valence-electron chi connectivity index (χ4n) is 1.44. The minimum atomic E-state index is -1.34. The van der Waals surface area contributed by atoms with E-state index in [4.69, 9.17) is 0 Å². The molecule has 132 valence electrons. The molecule has 0 amide bonds. The molecule has 0 aliphatic heterocycles. The number of nitro groups is 2. The van der Waals surface area contributed by atoms with Gasteiger partial charge in [0.2, 0.25) is 0 Å². The van der Waals surface area contributed by atoms with E-state index < -0.39 is 21.8 Å². The van der Waals surface area contributed by atoms with Gasteiger partial charge in [0.25, 0.3) is 11.4 Å². The Bertz CT molecular complexity index is 641. The molecule has 0 N–H and O–H groups in total. The SMILES string of the molecule is O=C([O-])c1ccc([N+](=O)[O-])cc1.O=C([O-])c1ccc([N+](=O)[O-])cc1.[Ni+2]. The summed E-state index contributed by atoms with van der Waals surface area (Å²) < 4.78 is 0. The Morgan fingerprint density at radius 2 is 0.880 bits per heavy atom. The van der Waals surface area contributed by atoms with Crippen molar-refractivity contribution < 1.29 is 46.1 Å². The van der Waals surface area contributed by atoms with Crippen LogP contribution in [0.3, 0.4) is 0 Å². The van der Waals surface area contributed by atoms with Crippen molar-refractivity contribution in [1.29, 1.82) is 0 Å². The number of carboxylic acid groups (broad SMARTS) is 2. The second-order valence-electron chi connectivity index (χ2n) is 4.18. The van der Waals surface area contributed by atoms with Crippen LogP contribution in [0.5, 0.6) is 0 Å². The first-order chi connectivity index (χ1) is 11.2. The topological polar surface area (TPSA) is 167 Å². The second kappa shape index (κ2) is 9.73. The molecule has 2 aromatic rings. The molecule has 0 saturated heterocycles. The van der Waals surface area contributed by atoms with Crippen molar-refractivity contribution in [2.75, 3.05) is 0 Å². The standard InChI is InChI=1S/2C7H5NO4.Ni/c2*9-7(10)5-1-3-6(4-2-5)8(11)12;/h2*1-4H,(H,9,10);/q;;+2/p-2. The van der Waals surface area contributed by atoms with E-state index in [-0.39, 0.29) is 39.0 Å². The number of non-ortho nitro benzene ring substituents is 2. The molecular weight excluding hydrogens is 383 g/mol. The van der Waals surface area contributed by atoms with Crippen LogP contribution in [-0.2, 0) is 16.5 Å². The molecule has 25 heavy (non-hydrogen) atoms. The number of carbonyl (C=O) groups excluding carboxylic acids is 2. The van der Waals surface area contributed by atoms with E-state index in [0.29, 0.717) is 0 Å². The van der Waals surface area contributed by atoms with Crippen molar-refractivity contribution in [3.63, 3.8) is 0 Å². The number of hydrogen-bond donors (Lipinski definition) is 0. The van der Waals surface area contributed by atoms with Crippen LogP contribution in [0.2, 0.25) is 0 Å². The fraction of sp³-hybridized carbons (Fsp3) is 0. The van der Waals surface area contributed by atoms with Gasteiger partial charge in [0.1, 0.15) is 0 Å². The second-order valence-corrected chi connectivity index (χ2v) is 4.18. The van der Waals surface area contributed by atoms with Gasteiger partial charge in [-0.2, -0.15) is 0 Å². The average Bonchev–Trinajstić information content (AvgIpc) is 2.55. The molecule has 0 atom stereocenters. The maximum Gasteiger partial charge on any atom is 2.00 e. The first-order valence-corrected chi connectivity index (χ1v) is 6.14. The van der Waals surface area contributed by atoms with E-state index in [1.807, 2.05) is 0 Å². The predicted molar refractivity (Wildman–Crippen MR) is 74.9 cm³/mol. The number of aromatic carboxylic acids is 2. The van der Waals surface area contributed by atoms with E-state index >= 15 is 0 Å². The molecule has 11 heteroatoms. The van der Waals surface area contributed by atoms with Crippen LogP contribution in [0.1, 0.15) is 20.7 Å². The first-order valence-electron chi connectivity index (χ1n) is 6.14. The van der Waals surface area contributed by atoms with Gasteiger partial charge in [-0.05, 0) is 35.4 Å². The normalized spacial score (nSPS) is 8.96. The molecule has 0 bridgehead atoms. The van der Waals surface area contributed by atoms with Crippen molar-refractivity contribution in [3.8, 4) is 0 Å². The quantitative estimate of drug-likeness (QED) is 0.396. The largest absolute Gasteiger partial charge is 2.00 e. The molecule has 0 aliphatic rings. The van der Waals surface area contributed by atoms with Gasteiger partial charge in [-0.15, -0.1) is 0 Å². The van der Waals surface area contributed by atoms with Gasteiger partial charge in [-0.1, -0.05) is 0 Å². The average molecular weight is 391 g/mol. The molecule has 0 saturated carbocycles. The number of benzene rings is 2. The summed E-state index contributed by atoms with van der Waals surface area (Å²) in [5.41, 5.74) is -0.416. The van der Waals surface area contributed by atoms with Crippen molar-refractivity contribution >= 4 is 23.3 Å². The Morgan fingerprint density at radius 1 is 0.640 bits per heavy atom. The summed E-state index contributed by atoms with van der Waals surface area (Å²) >= 11 is 0. The number of carbonyl (C=O) groups is 2. The molecule has 2 aromatic carbocycles. The zero-order valence-corrected chi connectivity index (χ0v) is 13.1. The van der Waals surface area contributed by atoms with Crippen molar-refractivity contribution in [1.82, 2.24) is 0 Å². The van der Waals surface area contributed by atoms with Crippen molar-refractivity contribution in [2.24, 2.45) is 0 Å². The third-order valence-electron chi connectivity index (χ3n) is 2.63. The van der Waals surface area contributed by atoms with Gasteiger partial charge in [-0.25, -0.2) is 0 Å². The van der Waals surface area contributed by atoms with Gasteiger partial charge in [0.05, 0.1) is 21.8 Å². The van der Waals surface area contributed by atoms with Crippen LogP contribution < -0.4 is 10.2 Å². The Morgan fingerprint density at radius 3 is 1.04 bits per heavy atom. The van der Waals surface area contributed by atoms with E-state index in [0.717, 1.165) is 48.5 Å². The van der Waals surface area contributed by atoms with E-state index in [9.17, 15) is 40.0 Å². The smallest absolute Gasteiger partial charge is 0.545 e. The predicted octanol–water partition coefficient (Wildman–Crippen LogP) is -0.0859. The van der Waals surface area contributed by atoms with Crippen LogP contribution in [0.4, 0.5) is 11.4 Å². The summed E-state index contributed by atoms with van der Waals surface area (Å²) in [6, 6.07) is 8.99. The van der Waals surface area contributed by atoms with Crippen LogP contribution >= 0.6 is 0 Å². The zero-order valence-electron chi connectivity index (χ0n) is 12.1. The Balaban J connectivity index is 0.000000443. The molecule has 0 unspecified atom stereocenters. The van der Waals surface area contributed by atoms with Gasteiger partial charge in [-0.3, -0.25) is 20.2 Å². The maximum atomic E-state index is 10.2.